The minimum Gasteiger partial charge on any atom is -0.393 e. The van der Waals surface area contributed by atoms with Gasteiger partial charge in [0.25, 0.3) is 0 Å². The monoisotopic (exact) mass is 320 g/mol. The number of ether oxygens (including phenoxy) is 1. The van der Waals surface area contributed by atoms with Gasteiger partial charge in [0.2, 0.25) is 0 Å². The molecule has 1 unspecified atom stereocenters. The van der Waals surface area contributed by atoms with Gasteiger partial charge in [-0.3, -0.25) is 0 Å². The van der Waals surface area contributed by atoms with Crippen molar-refractivity contribution in [1.82, 2.24) is 10.2 Å². The number of rotatable bonds is 3. The Kier molecular flexibility index (Phi) is 4.84. The number of amides is 2. The molecule has 0 spiro atoms. The number of carbonyl (C=O) groups is 1. The van der Waals surface area contributed by atoms with Crippen LogP contribution in [-0.4, -0.2) is 53.0 Å². The van der Waals surface area contributed by atoms with Gasteiger partial charge in [0.05, 0.1) is 26.4 Å². The fourth-order valence-electron chi connectivity index (χ4n) is 3.36. The molecule has 3 N–H and O–H groups in total. The minimum absolute atomic E-state index is 0.177. The molecule has 1 fully saturated rings. The quantitative estimate of drug-likeness (QED) is 0.769. The Balaban J connectivity index is 1.61. The van der Waals surface area contributed by atoms with E-state index in [1.807, 2.05) is 12.1 Å². The van der Waals surface area contributed by atoms with Gasteiger partial charge in [-0.05, 0) is 36.0 Å². The number of carbonyl (C=O) groups excluding carboxylic acids is 1. The number of nitrogens with zero attached hydrogens (tertiary/aromatic N) is 1. The standard InChI is InChI=1S/C17H24N2O4/c20-12-17(22)6-2-7-19(11-17)16(21)18-9-13-3-1-4-14-10-23-8-5-15(13)14/h1,3-4,20,22H,2,5-12H2,(H,18,21). The number of nitrogens with one attached hydrogen (secondary N) is 1. The van der Waals surface area contributed by atoms with Gasteiger partial charge in [0.15, 0.2) is 0 Å². The summed E-state index contributed by atoms with van der Waals surface area (Å²) >= 11 is 0. The highest BCUT2D eigenvalue weighted by molar-refractivity contribution is 5.74. The number of urea groups is 1. The number of likely N-dealkylation sites (tertiary alicyclic amines) is 1. The van der Waals surface area contributed by atoms with Crippen LogP contribution >= 0.6 is 0 Å². The van der Waals surface area contributed by atoms with E-state index < -0.39 is 5.60 Å². The molecule has 1 atom stereocenters. The molecule has 2 amide bonds. The summed E-state index contributed by atoms with van der Waals surface area (Å²) in [5.41, 5.74) is 2.41. The van der Waals surface area contributed by atoms with Gasteiger partial charge < -0.3 is 25.2 Å². The van der Waals surface area contributed by atoms with Crippen molar-refractivity contribution in [2.45, 2.75) is 38.0 Å². The van der Waals surface area contributed by atoms with Crippen LogP contribution in [0.1, 0.15) is 29.5 Å². The van der Waals surface area contributed by atoms with Crippen LogP contribution < -0.4 is 5.32 Å². The number of hydrogen-bond acceptors (Lipinski definition) is 4. The molecular formula is C17H24N2O4. The van der Waals surface area contributed by atoms with E-state index in [9.17, 15) is 15.0 Å². The molecule has 0 aliphatic carbocycles. The Labute approximate surface area is 136 Å². The van der Waals surface area contributed by atoms with Crippen LogP contribution in [0.4, 0.5) is 4.79 Å². The zero-order valence-corrected chi connectivity index (χ0v) is 13.3. The van der Waals surface area contributed by atoms with Gasteiger partial charge in [0, 0.05) is 13.1 Å². The van der Waals surface area contributed by atoms with Gasteiger partial charge in [-0.2, -0.15) is 0 Å². The third-order valence-corrected chi connectivity index (χ3v) is 4.69. The summed E-state index contributed by atoms with van der Waals surface area (Å²) in [7, 11) is 0. The smallest absolute Gasteiger partial charge is 0.317 e. The van der Waals surface area contributed by atoms with Crippen molar-refractivity contribution in [2.24, 2.45) is 0 Å². The molecule has 2 aliphatic heterocycles. The molecule has 0 saturated carbocycles. The van der Waals surface area contributed by atoms with Gasteiger partial charge in [-0.1, -0.05) is 18.2 Å². The zero-order chi connectivity index (χ0) is 16.3. The van der Waals surface area contributed by atoms with Crippen molar-refractivity contribution < 1.29 is 19.7 Å². The number of piperidine rings is 1. The maximum atomic E-state index is 12.3. The average molecular weight is 320 g/mol. The third kappa shape index (κ3) is 3.65. The number of aliphatic hydroxyl groups excluding tert-OH is 1. The summed E-state index contributed by atoms with van der Waals surface area (Å²) in [5, 5.41) is 22.4. The molecule has 2 aliphatic rings. The highest BCUT2D eigenvalue weighted by atomic mass is 16.5. The van der Waals surface area contributed by atoms with E-state index in [0.29, 0.717) is 39.1 Å². The first kappa shape index (κ1) is 16.2. The lowest BCUT2D eigenvalue weighted by molar-refractivity contribution is -0.0569. The first-order valence-corrected chi connectivity index (χ1v) is 8.15. The van der Waals surface area contributed by atoms with Gasteiger partial charge in [-0.25, -0.2) is 4.79 Å². The Morgan fingerprint density at radius 2 is 2.30 bits per heavy atom. The molecule has 1 saturated heterocycles. The predicted molar refractivity (Wildman–Crippen MR) is 84.9 cm³/mol. The molecule has 3 rings (SSSR count). The highest BCUT2D eigenvalue weighted by Crippen LogP contribution is 2.22. The third-order valence-electron chi connectivity index (χ3n) is 4.69. The van der Waals surface area contributed by atoms with Crippen molar-refractivity contribution in [3.8, 4) is 0 Å². The van der Waals surface area contributed by atoms with E-state index in [-0.39, 0.29) is 19.2 Å². The second kappa shape index (κ2) is 6.86. The normalized spacial score (nSPS) is 24.2. The molecule has 23 heavy (non-hydrogen) atoms. The summed E-state index contributed by atoms with van der Waals surface area (Å²) in [5.74, 6) is 0. The largest absolute Gasteiger partial charge is 0.393 e. The first-order chi connectivity index (χ1) is 11.1. The molecule has 1 aromatic rings. The Bertz CT molecular complexity index is 578. The molecular weight excluding hydrogens is 296 g/mol. The van der Waals surface area contributed by atoms with Crippen LogP contribution in [-0.2, 0) is 24.3 Å². The molecule has 0 radical (unpaired) electrons. The number of fused-ring (bicyclic) bond motifs is 1. The van der Waals surface area contributed by atoms with Crippen LogP contribution in [0.15, 0.2) is 18.2 Å². The van der Waals surface area contributed by atoms with Crippen molar-refractivity contribution in [3.05, 3.63) is 34.9 Å². The van der Waals surface area contributed by atoms with Crippen molar-refractivity contribution >= 4 is 6.03 Å². The Morgan fingerprint density at radius 3 is 3.13 bits per heavy atom. The average Bonchev–Trinajstić information content (AvgIpc) is 2.59. The number of benzene rings is 1. The van der Waals surface area contributed by atoms with Gasteiger partial charge in [0.1, 0.15) is 5.60 Å². The first-order valence-electron chi connectivity index (χ1n) is 8.15. The molecule has 0 bridgehead atoms. The summed E-state index contributed by atoms with van der Waals surface area (Å²) in [6.45, 7) is 2.28. The van der Waals surface area contributed by atoms with Crippen LogP contribution in [0, 0.1) is 0 Å². The van der Waals surface area contributed by atoms with Gasteiger partial charge >= 0.3 is 6.03 Å². The van der Waals surface area contributed by atoms with Crippen LogP contribution in [0.3, 0.4) is 0 Å². The van der Waals surface area contributed by atoms with E-state index >= 15 is 0 Å². The second-order valence-corrected chi connectivity index (χ2v) is 6.42. The van der Waals surface area contributed by atoms with E-state index in [1.165, 1.54) is 11.1 Å². The summed E-state index contributed by atoms with van der Waals surface area (Å²) < 4.78 is 5.46. The summed E-state index contributed by atoms with van der Waals surface area (Å²) in [6.07, 6.45) is 2.09. The number of β-amino-alcohol motifs (C(OH)–C–C–N with tert-alkyl or cyclic N) is 1. The predicted octanol–water partition coefficient (Wildman–Crippen LogP) is 0.788. The van der Waals surface area contributed by atoms with Gasteiger partial charge in [-0.15, -0.1) is 0 Å². The maximum absolute atomic E-state index is 12.3. The topological polar surface area (TPSA) is 82.0 Å². The number of hydrogen-bond donors (Lipinski definition) is 3. The highest BCUT2D eigenvalue weighted by Gasteiger charge is 2.34. The summed E-state index contributed by atoms with van der Waals surface area (Å²) in [6, 6.07) is 5.89. The van der Waals surface area contributed by atoms with E-state index in [1.54, 1.807) is 4.90 Å². The minimum atomic E-state index is -1.17. The Hall–Kier alpha value is -1.63. The van der Waals surface area contributed by atoms with Crippen molar-refractivity contribution in [1.29, 1.82) is 0 Å². The summed E-state index contributed by atoms with van der Waals surface area (Å²) in [4.78, 5) is 13.9. The lowest BCUT2D eigenvalue weighted by Crippen LogP contribution is -2.54. The lowest BCUT2D eigenvalue weighted by atomic mass is 9.94. The molecule has 0 aromatic heterocycles. The molecule has 126 valence electrons. The van der Waals surface area contributed by atoms with E-state index in [0.717, 1.165) is 12.0 Å². The lowest BCUT2D eigenvalue weighted by Gasteiger charge is -2.38. The molecule has 6 nitrogen and oxygen atoms in total. The number of aliphatic hydroxyl groups is 2. The zero-order valence-electron chi connectivity index (χ0n) is 13.3. The van der Waals surface area contributed by atoms with E-state index in [4.69, 9.17) is 4.74 Å². The fraction of sp³-hybridized carbons (Fsp3) is 0.588. The van der Waals surface area contributed by atoms with Crippen LogP contribution in [0.25, 0.3) is 0 Å². The SMILES string of the molecule is O=C(NCc1cccc2c1CCOC2)N1CCCC(O)(CO)C1. The molecule has 1 aromatic carbocycles. The molecule has 6 heteroatoms. The van der Waals surface area contributed by atoms with Crippen LogP contribution in [0.5, 0.6) is 0 Å². The Morgan fingerprint density at radius 1 is 1.43 bits per heavy atom. The molecule has 2 heterocycles. The fourth-order valence-corrected chi connectivity index (χ4v) is 3.36. The van der Waals surface area contributed by atoms with Crippen molar-refractivity contribution in [2.75, 3.05) is 26.3 Å². The second-order valence-electron chi connectivity index (χ2n) is 6.42. The maximum Gasteiger partial charge on any atom is 0.317 e. The van der Waals surface area contributed by atoms with Crippen LogP contribution in [0.2, 0.25) is 0 Å². The van der Waals surface area contributed by atoms with Crippen molar-refractivity contribution in [3.63, 3.8) is 0 Å². The van der Waals surface area contributed by atoms with E-state index in [2.05, 4.69) is 11.4 Å².